The topological polar surface area (TPSA) is 371 Å². The van der Waals surface area contributed by atoms with Gasteiger partial charge in [0.15, 0.2) is 0 Å². The summed E-state index contributed by atoms with van der Waals surface area (Å²) in [4.78, 5) is 12.0. The van der Waals surface area contributed by atoms with Crippen LogP contribution in [0, 0.1) is 0 Å². The number of rotatable bonds is 35. The third-order valence-corrected chi connectivity index (χ3v) is 19.0. The van der Waals surface area contributed by atoms with E-state index in [-0.39, 0.29) is 100.0 Å². The Balaban J connectivity index is 1.53. The Morgan fingerprint density at radius 2 is 1.05 bits per heavy atom. The highest BCUT2D eigenvalue weighted by atomic mass is 32.2. The van der Waals surface area contributed by atoms with Crippen molar-refractivity contribution >= 4 is 89.5 Å². The molecule has 2 aliphatic rings. The van der Waals surface area contributed by atoms with Gasteiger partial charge in [-0.25, -0.2) is 0 Å². The summed E-state index contributed by atoms with van der Waals surface area (Å²) < 4.78 is 212. The third kappa shape index (κ3) is 16.9. The number of ether oxygens (including phenoxy) is 6. The van der Waals surface area contributed by atoms with Gasteiger partial charge in [0.2, 0.25) is 0 Å². The van der Waals surface area contributed by atoms with Crippen LogP contribution in [-0.2, 0) is 94.6 Å². The van der Waals surface area contributed by atoms with Gasteiger partial charge in [-0.1, -0.05) is 49.8 Å². The number of benzene rings is 4. The van der Waals surface area contributed by atoms with Crippen molar-refractivity contribution in [1.29, 1.82) is 0 Å². The molecule has 4 aromatic carbocycles. The molecule has 25 nitrogen and oxygen atoms in total. The summed E-state index contributed by atoms with van der Waals surface area (Å²) in [5, 5.41) is 9.32. The van der Waals surface area contributed by atoms with E-state index in [1.165, 1.54) is 26.4 Å². The van der Waals surface area contributed by atoms with Gasteiger partial charge >= 0.3 is 5.97 Å². The maximum atomic E-state index is 12.9. The minimum Gasteiger partial charge on any atom is -0.481 e. The van der Waals surface area contributed by atoms with Crippen LogP contribution < -0.4 is 9.80 Å². The maximum absolute atomic E-state index is 12.9. The van der Waals surface area contributed by atoms with Crippen LogP contribution in [0.15, 0.2) is 104 Å². The highest BCUT2D eigenvalue weighted by Gasteiger charge is 2.48. The van der Waals surface area contributed by atoms with Crippen LogP contribution >= 0.6 is 0 Å². The number of methoxy groups -OCH3 is 2. The first-order valence-electron chi connectivity index (χ1n) is 26.6. The lowest BCUT2D eigenvalue weighted by Gasteiger charge is -2.35. The number of aliphatic carboxylic acids is 1. The van der Waals surface area contributed by atoms with Crippen LogP contribution in [0.1, 0.15) is 69.9 Å². The van der Waals surface area contributed by atoms with Crippen LogP contribution in [-0.4, -0.2) is 181 Å². The van der Waals surface area contributed by atoms with Gasteiger partial charge in [-0.15, -0.1) is 0 Å². The van der Waals surface area contributed by atoms with Gasteiger partial charge < -0.3 is 43.3 Å². The highest BCUT2D eigenvalue weighted by Crippen LogP contribution is 2.55. The molecule has 0 saturated carbocycles. The zero-order valence-corrected chi connectivity index (χ0v) is 50.9. The Kier molecular flexibility index (Phi) is 23.3. The quantitative estimate of drug-likeness (QED) is 0.0168. The summed E-state index contributed by atoms with van der Waals surface area (Å²) in [5.41, 5.74) is -0.123. The van der Waals surface area contributed by atoms with Crippen LogP contribution in [0.2, 0.25) is 0 Å². The molecule has 0 aliphatic carbocycles. The first-order chi connectivity index (χ1) is 39.4. The molecule has 3 unspecified atom stereocenters. The van der Waals surface area contributed by atoms with Crippen molar-refractivity contribution in [2.45, 2.75) is 95.2 Å². The molecule has 84 heavy (non-hydrogen) atoms. The zero-order valence-electron chi connectivity index (χ0n) is 46.8. The minimum atomic E-state index is -5.14. The number of nitrogens with zero attached hydrogens (tertiary/aromatic N) is 2. The van der Waals surface area contributed by atoms with Crippen molar-refractivity contribution in [2.24, 2.45) is 0 Å². The molecule has 2 heterocycles. The number of hydrogen-bond acceptors (Lipinski definition) is 19. The smallest absolute Gasteiger partial charge is 0.303 e. The average molecular weight is 1280 g/mol. The van der Waals surface area contributed by atoms with Crippen molar-refractivity contribution < 1.29 is 103 Å². The second kappa shape index (κ2) is 28.7. The van der Waals surface area contributed by atoms with E-state index in [1.54, 1.807) is 54.3 Å². The fourth-order valence-corrected chi connectivity index (χ4v) is 14.1. The van der Waals surface area contributed by atoms with E-state index in [4.69, 9.17) is 28.4 Å². The van der Waals surface area contributed by atoms with E-state index in [9.17, 15) is 74.8 Å². The number of anilines is 2. The Morgan fingerprint density at radius 3 is 1.55 bits per heavy atom. The monoisotopic (exact) mass is 1280 g/mol. The van der Waals surface area contributed by atoms with E-state index in [0.717, 1.165) is 12.1 Å². The lowest BCUT2D eigenvalue weighted by molar-refractivity contribution is -0.137. The fraction of sp³-hybridized carbons (Fsp3) is 0.500. The molecular weight excluding hydrogens is 1200 g/mol. The lowest BCUT2D eigenvalue weighted by atomic mass is 9.74. The molecule has 2 aliphatic heterocycles. The maximum Gasteiger partial charge on any atom is 0.303 e. The number of carboxylic acids is 1. The molecule has 6 rings (SSSR count). The molecule has 0 amide bonds. The summed E-state index contributed by atoms with van der Waals surface area (Å²) in [5.74, 6) is -1.64. The van der Waals surface area contributed by atoms with Crippen LogP contribution in [0.4, 0.5) is 11.4 Å². The number of carboxylic acid groups (broad SMARTS) is 1. The van der Waals surface area contributed by atoms with Gasteiger partial charge in [0.05, 0.1) is 74.4 Å². The van der Waals surface area contributed by atoms with E-state index in [2.05, 4.69) is 0 Å². The number of hydrogen-bond donors (Lipinski definition) is 6. The highest BCUT2D eigenvalue weighted by molar-refractivity contribution is 7.87. The van der Waals surface area contributed by atoms with Gasteiger partial charge in [0, 0.05) is 85.6 Å². The summed E-state index contributed by atoms with van der Waals surface area (Å²) in [6.45, 7) is 5.96. The minimum absolute atomic E-state index is 0.0160. The molecule has 0 fully saturated rings. The zero-order chi connectivity index (χ0) is 61.9. The lowest BCUT2D eigenvalue weighted by Crippen LogP contribution is -2.43. The summed E-state index contributed by atoms with van der Waals surface area (Å²) in [6.07, 6.45) is 9.93. The Hall–Kier alpha value is -5.00. The van der Waals surface area contributed by atoms with Gasteiger partial charge in [-0.2, -0.15) is 42.1 Å². The normalized spacial score (nSPS) is 19.2. The summed E-state index contributed by atoms with van der Waals surface area (Å²) in [7, 11) is -21.8. The van der Waals surface area contributed by atoms with Crippen LogP contribution in [0.25, 0.3) is 21.5 Å². The van der Waals surface area contributed by atoms with E-state index < -0.39 is 98.8 Å². The number of unbranched alkanes of at least 4 members (excludes halogenated alkanes) is 2. The molecular formula is C54H72N2O23S5. The van der Waals surface area contributed by atoms with Crippen molar-refractivity contribution in [3.05, 3.63) is 95.7 Å². The first-order valence-corrected chi connectivity index (χ1v) is 33.9. The van der Waals surface area contributed by atoms with E-state index in [1.807, 2.05) is 11.8 Å². The number of allylic oxidation sites excluding steroid dienone is 5. The largest absolute Gasteiger partial charge is 0.481 e. The molecule has 466 valence electrons. The average Bonchev–Trinajstić information content (AvgIpc) is 1.55. The van der Waals surface area contributed by atoms with Crippen LogP contribution in [0.5, 0.6) is 0 Å². The Morgan fingerprint density at radius 1 is 0.548 bits per heavy atom. The molecule has 0 saturated heterocycles. The third-order valence-electron chi connectivity index (χ3n) is 14.8. The molecule has 0 radical (unpaired) electrons. The van der Waals surface area contributed by atoms with Crippen molar-refractivity contribution in [3.8, 4) is 0 Å². The summed E-state index contributed by atoms with van der Waals surface area (Å²) >= 11 is 0. The fourth-order valence-electron chi connectivity index (χ4n) is 10.9. The second-order valence-electron chi connectivity index (χ2n) is 20.5. The van der Waals surface area contributed by atoms with Crippen molar-refractivity contribution in [2.75, 3.05) is 109 Å². The second-order valence-corrected chi connectivity index (χ2v) is 27.7. The van der Waals surface area contributed by atoms with Crippen molar-refractivity contribution in [1.82, 2.24) is 0 Å². The van der Waals surface area contributed by atoms with Gasteiger partial charge in [0.1, 0.15) is 9.79 Å². The molecule has 4 aromatic rings. The molecule has 0 spiro atoms. The van der Waals surface area contributed by atoms with E-state index >= 15 is 0 Å². The predicted molar refractivity (Wildman–Crippen MR) is 310 cm³/mol. The van der Waals surface area contributed by atoms with Gasteiger partial charge in [0.25, 0.3) is 50.6 Å². The SMILES string of the molecule is COCCOCCOCCC1(C)C(=CC=CC=CC2N(CCCS(=O)(=O)O)c3ccc4c(S(=O)(=O)O)cc(S(=O)(=O)O)cc4c3C2(C)CCOCCOCCOC)N(CCCCCC(=O)O)c2ccc3c(S(=O)(=O)O)cc(S(=O)(=O)O)cc3c21. The van der Waals surface area contributed by atoms with Gasteiger partial charge in [-0.05, 0) is 103 Å². The number of carbonyl (C=O) groups is 1. The summed E-state index contributed by atoms with van der Waals surface area (Å²) in [6, 6.07) is 8.65. The molecule has 3 atom stereocenters. The van der Waals surface area contributed by atoms with E-state index in [0.29, 0.717) is 86.0 Å². The molecule has 6 N–H and O–H groups in total. The number of fused-ring (bicyclic) bond motifs is 6. The molecule has 30 heteroatoms. The Bertz CT molecular complexity index is 3700. The molecule has 0 aromatic heterocycles. The van der Waals surface area contributed by atoms with Gasteiger partial charge in [-0.3, -0.25) is 27.6 Å². The van der Waals surface area contributed by atoms with Crippen LogP contribution in [0.3, 0.4) is 0 Å². The Labute approximate surface area is 489 Å². The predicted octanol–water partition coefficient (Wildman–Crippen LogP) is 6.26. The first kappa shape index (κ1) is 68.1. The standard InChI is InChI=1S/C54H72N2O23S5/c1-53(19-23-76-29-31-78-27-25-74-3)48(55(21-10-6-9-14-50(57)58)44-17-15-40-42(51(44)53)34-38(81(62,63)64)36-46(40)83(68,69)70)12-7-5-8-13-49-54(2,20-24-77-30-32-79-28-26-75-4)52-43-35-39(82(65,66)67)37-47(84(71,72)73)41(43)16-18-45(52)56(49)22-11-33-80(59,60)61/h5,7-8,12-13,15-18,34-37,49H,6,9-11,14,19-33H2,1-4H3,(H,57,58)(H,59,60,61)(H,62,63,64)(H,65,66,67)(H,68,69,70)(H,71,72,73). The van der Waals surface area contributed by atoms with Crippen molar-refractivity contribution in [3.63, 3.8) is 0 Å². The molecule has 0 bridgehead atoms.